The van der Waals surface area contributed by atoms with Crippen molar-refractivity contribution in [1.82, 2.24) is 4.57 Å². The number of para-hydroxylation sites is 1. The molecule has 0 radical (unpaired) electrons. The molecule has 4 nitrogen and oxygen atoms in total. The van der Waals surface area contributed by atoms with E-state index in [0.29, 0.717) is 12.0 Å². The number of hydrogen-bond acceptors (Lipinski definition) is 2. The smallest absolute Gasteiger partial charge is 0.261 e. The molecule has 0 spiro atoms. The van der Waals surface area contributed by atoms with Gasteiger partial charge in [-0.3, -0.25) is 9.59 Å². The summed E-state index contributed by atoms with van der Waals surface area (Å²) >= 11 is 0. The lowest BCUT2D eigenvalue weighted by Gasteiger charge is -2.22. The predicted octanol–water partition coefficient (Wildman–Crippen LogP) is 6.24. The van der Waals surface area contributed by atoms with Gasteiger partial charge in [-0.1, -0.05) is 72.1 Å². The molecule has 1 aromatic heterocycles. The third kappa shape index (κ3) is 5.47. The lowest BCUT2D eigenvalue weighted by atomic mass is 9.99. The van der Waals surface area contributed by atoms with Gasteiger partial charge in [-0.05, 0) is 50.2 Å². The van der Waals surface area contributed by atoms with Gasteiger partial charge < -0.3 is 9.88 Å². The van der Waals surface area contributed by atoms with Crippen LogP contribution in [0.5, 0.6) is 0 Å². The van der Waals surface area contributed by atoms with Gasteiger partial charge in [0.1, 0.15) is 5.56 Å². The van der Waals surface area contributed by atoms with Gasteiger partial charge in [-0.2, -0.15) is 0 Å². The molecule has 31 heavy (non-hydrogen) atoms. The van der Waals surface area contributed by atoms with Crippen molar-refractivity contribution in [3.8, 4) is 0 Å². The number of benzene rings is 1. The maximum absolute atomic E-state index is 13.5. The van der Waals surface area contributed by atoms with Crippen LogP contribution in [0.3, 0.4) is 0 Å². The Kier molecular flexibility index (Phi) is 9.54. The molecular formula is C27H40N2O2. The number of nitrogens with zero attached hydrogens (tertiary/aromatic N) is 1. The Labute approximate surface area is 188 Å². The summed E-state index contributed by atoms with van der Waals surface area (Å²) in [6.07, 6.45) is 7.73. The second-order valence-electron chi connectivity index (χ2n) is 8.25. The molecule has 0 unspecified atom stereocenters. The van der Waals surface area contributed by atoms with Crippen molar-refractivity contribution >= 4 is 11.6 Å². The number of rotatable bonds is 11. The van der Waals surface area contributed by atoms with E-state index in [4.69, 9.17) is 0 Å². The highest BCUT2D eigenvalue weighted by atomic mass is 16.2. The van der Waals surface area contributed by atoms with E-state index >= 15 is 0 Å². The number of anilines is 1. The largest absolute Gasteiger partial charge is 0.348 e. The molecule has 1 amide bonds. The molecule has 2 rings (SSSR count). The summed E-state index contributed by atoms with van der Waals surface area (Å²) in [6.45, 7) is 13.3. The zero-order chi connectivity index (χ0) is 23.0. The standard InChI is InChI=1S/C27H40N2O2/c1-7-12-13-14-18-29-19(6)24(26(30)22(10-4)23(29)11-5)27(31)28-25-20(8-2)16-15-17-21(25)9-3/h15-17H,7-14,18H2,1-6H3,(H,28,31). The summed E-state index contributed by atoms with van der Waals surface area (Å²) < 4.78 is 2.23. The number of nitrogens with one attached hydrogen (secondary N) is 1. The molecule has 1 N–H and O–H groups in total. The van der Waals surface area contributed by atoms with Gasteiger partial charge in [-0.15, -0.1) is 0 Å². The van der Waals surface area contributed by atoms with E-state index in [1.54, 1.807) is 0 Å². The van der Waals surface area contributed by atoms with Crippen molar-refractivity contribution < 1.29 is 4.79 Å². The number of amides is 1. The van der Waals surface area contributed by atoms with Crippen molar-refractivity contribution in [2.24, 2.45) is 0 Å². The molecule has 0 fully saturated rings. The van der Waals surface area contributed by atoms with E-state index in [2.05, 4.69) is 37.6 Å². The fraction of sp³-hybridized carbons (Fsp3) is 0.556. The number of aromatic nitrogens is 1. The minimum absolute atomic E-state index is 0.105. The number of carbonyl (C=O) groups excluding carboxylic acids is 1. The number of hydrogen-bond donors (Lipinski definition) is 1. The molecule has 2 aromatic rings. The summed E-state index contributed by atoms with van der Waals surface area (Å²) in [6, 6.07) is 6.13. The van der Waals surface area contributed by atoms with Gasteiger partial charge in [0.25, 0.3) is 5.91 Å². The van der Waals surface area contributed by atoms with Crippen molar-refractivity contribution in [2.45, 2.75) is 99.5 Å². The van der Waals surface area contributed by atoms with Crippen LogP contribution in [0, 0.1) is 6.92 Å². The minimum Gasteiger partial charge on any atom is -0.348 e. The Morgan fingerprint density at radius 3 is 2.06 bits per heavy atom. The SMILES string of the molecule is CCCCCCn1c(C)c(C(=O)Nc2c(CC)cccc2CC)c(=O)c(CC)c1CC. The van der Waals surface area contributed by atoms with Crippen LogP contribution in [0.4, 0.5) is 5.69 Å². The monoisotopic (exact) mass is 424 g/mol. The Bertz CT molecular complexity index is 934. The van der Waals surface area contributed by atoms with Crippen LogP contribution in [0.15, 0.2) is 23.0 Å². The summed E-state index contributed by atoms with van der Waals surface area (Å²) in [5.41, 5.74) is 5.93. The van der Waals surface area contributed by atoms with Gasteiger partial charge >= 0.3 is 0 Å². The Morgan fingerprint density at radius 1 is 0.903 bits per heavy atom. The molecule has 4 heteroatoms. The number of unbranched alkanes of at least 4 members (excludes halogenated alkanes) is 3. The Hall–Kier alpha value is -2.36. The molecular weight excluding hydrogens is 384 g/mol. The Balaban J connectivity index is 2.55. The van der Waals surface area contributed by atoms with E-state index in [9.17, 15) is 9.59 Å². The third-order valence-electron chi connectivity index (χ3n) is 6.33. The highest BCUT2D eigenvalue weighted by molar-refractivity contribution is 6.06. The Morgan fingerprint density at radius 2 is 1.55 bits per heavy atom. The highest BCUT2D eigenvalue weighted by Gasteiger charge is 2.23. The van der Waals surface area contributed by atoms with Gasteiger partial charge in [0.15, 0.2) is 5.43 Å². The quantitative estimate of drug-likeness (QED) is 0.434. The lowest BCUT2D eigenvalue weighted by molar-refractivity contribution is 0.102. The molecule has 0 saturated heterocycles. The van der Waals surface area contributed by atoms with Crippen LogP contribution in [-0.2, 0) is 32.2 Å². The fourth-order valence-corrected chi connectivity index (χ4v) is 4.56. The van der Waals surface area contributed by atoms with Crippen LogP contribution in [0.25, 0.3) is 0 Å². The molecule has 0 aliphatic carbocycles. The molecule has 1 aromatic carbocycles. The first-order chi connectivity index (χ1) is 14.9. The number of pyridine rings is 1. The first-order valence-electron chi connectivity index (χ1n) is 12.1. The van der Waals surface area contributed by atoms with Gasteiger partial charge in [0.2, 0.25) is 0 Å². The summed E-state index contributed by atoms with van der Waals surface area (Å²) in [5, 5.41) is 3.12. The maximum Gasteiger partial charge on any atom is 0.261 e. The second-order valence-corrected chi connectivity index (χ2v) is 8.25. The second kappa shape index (κ2) is 11.9. The maximum atomic E-state index is 13.5. The molecule has 0 aliphatic heterocycles. The first-order valence-corrected chi connectivity index (χ1v) is 12.1. The molecule has 170 valence electrons. The van der Waals surface area contributed by atoms with E-state index < -0.39 is 0 Å². The zero-order valence-corrected chi connectivity index (χ0v) is 20.4. The molecule has 0 atom stereocenters. The molecule has 0 aliphatic rings. The summed E-state index contributed by atoms with van der Waals surface area (Å²) in [4.78, 5) is 26.9. The van der Waals surface area contributed by atoms with E-state index in [0.717, 1.165) is 72.4 Å². The molecule has 0 bridgehead atoms. The summed E-state index contributed by atoms with van der Waals surface area (Å²) in [5.74, 6) is -0.280. The number of aryl methyl sites for hydroxylation is 2. The minimum atomic E-state index is -0.280. The van der Waals surface area contributed by atoms with E-state index in [1.807, 2.05) is 32.0 Å². The fourth-order valence-electron chi connectivity index (χ4n) is 4.56. The molecule has 1 heterocycles. The topological polar surface area (TPSA) is 51.1 Å². The van der Waals surface area contributed by atoms with Crippen molar-refractivity contribution in [3.63, 3.8) is 0 Å². The predicted molar refractivity (Wildman–Crippen MR) is 131 cm³/mol. The van der Waals surface area contributed by atoms with Crippen LogP contribution in [0.1, 0.15) is 98.7 Å². The van der Waals surface area contributed by atoms with Gasteiger partial charge in [0.05, 0.1) is 0 Å². The summed E-state index contributed by atoms with van der Waals surface area (Å²) in [7, 11) is 0. The van der Waals surface area contributed by atoms with E-state index in [-0.39, 0.29) is 11.3 Å². The average Bonchev–Trinajstić information content (AvgIpc) is 2.77. The number of carbonyl (C=O) groups is 1. The third-order valence-corrected chi connectivity index (χ3v) is 6.33. The van der Waals surface area contributed by atoms with Crippen LogP contribution < -0.4 is 10.7 Å². The van der Waals surface area contributed by atoms with Crippen LogP contribution >= 0.6 is 0 Å². The van der Waals surface area contributed by atoms with Crippen LogP contribution in [0.2, 0.25) is 0 Å². The van der Waals surface area contributed by atoms with Crippen molar-refractivity contribution in [1.29, 1.82) is 0 Å². The molecule has 0 saturated carbocycles. The normalized spacial score (nSPS) is 11.0. The lowest BCUT2D eigenvalue weighted by Crippen LogP contribution is -2.31. The highest BCUT2D eigenvalue weighted by Crippen LogP contribution is 2.24. The average molecular weight is 425 g/mol. The van der Waals surface area contributed by atoms with Gasteiger partial charge in [-0.25, -0.2) is 0 Å². The van der Waals surface area contributed by atoms with E-state index in [1.165, 1.54) is 12.8 Å². The van der Waals surface area contributed by atoms with Crippen molar-refractivity contribution in [3.05, 3.63) is 62.1 Å². The van der Waals surface area contributed by atoms with Gasteiger partial charge in [0, 0.05) is 29.2 Å². The first kappa shape index (κ1) is 24.9. The van der Waals surface area contributed by atoms with Crippen molar-refractivity contribution in [2.75, 3.05) is 5.32 Å². The van der Waals surface area contributed by atoms with Crippen LogP contribution in [-0.4, -0.2) is 10.5 Å². The zero-order valence-electron chi connectivity index (χ0n) is 20.4.